The molecule has 0 N–H and O–H groups in total. The summed E-state index contributed by atoms with van der Waals surface area (Å²) in [6, 6.07) is 0. The highest BCUT2D eigenvalue weighted by Gasteiger charge is 2.55. The summed E-state index contributed by atoms with van der Waals surface area (Å²) >= 11 is 6.56. The monoisotopic (exact) mass is 284 g/mol. The third-order valence-corrected chi connectivity index (χ3v) is 6.73. The summed E-state index contributed by atoms with van der Waals surface area (Å²) < 4.78 is 6.50. The van der Waals surface area contributed by atoms with Crippen molar-refractivity contribution in [2.24, 2.45) is 10.8 Å². The van der Waals surface area contributed by atoms with Gasteiger partial charge in [-0.05, 0) is 50.4 Å². The molecule has 3 aliphatic rings. The van der Waals surface area contributed by atoms with Gasteiger partial charge in [-0.1, -0.05) is 33.1 Å². The highest BCUT2D eigenvalue weighted by atomic mass is 35.5. The van der Waals surface area contributed by atoms with Crippen LogP contribution in [0.5, 0.6) is 0 Å². The Morgan fingerprint density at radius 3 is 2.16 bits per heavy atom. The van der Waals surface area contributed by atoms with Gasteiger partial charge in [-0.2, -0.15) is 0 Å². The Morgan fingerprint density at radius 1 is 0.947 bits per heavy atom. The second-order valence-corrected chi connectivity index (χ2v) is 8.51. The fourth-order valence-corrected chi connectivity index (χ4v) is 5.00. The first kappa shape index (κ1) is 14.2. The molecule has 2 unspecified atom stereocenters. The summed E-state index contributed by atoms with van der Waals surface area (Å²) in [5, 5.41) is 0.387. The van der Waals surface area contributed by atoms with E-state index in [2.05, 4.69) is 13.8 Å². The van der Waals surface area contributed by atoms with Crippen molar-refractivity contribution >= 4 is 11.6 Å². The van der Waals surface area contributed by atoms with Crippen LogP contribution in [0.25, 0.3) is 0 Å². The van der Waals surface area contributed by atoms with E-state index < -0.39 is 0 Å². The van der Waals surface area contributed by atoms with Crippen molar-refractivity contribution in [3.63, 3.8) is 0 Å². The zero-order valence-corrected chi connectivity index (χ0v) is 13.3. The number of alkyl halides is 1. The van der Waals surface area contributed by atoms with Crippen LogP contribution in [0.4, 0.5) is 0 Å². The lowest BCUT2D eigenvalue weighted by Crippen LogP contribution is -2.57. The molecule has 19 heavy (non-hydrogen) atoms. The van der Waals surface area contributed by atoms with Crippen molar-refractivity contribution in [1.82, 2.24) is 0 Å². The van der Waals surface area contributed by atoms with E-state index in [9.17, 15) is 0 Å². The molecule has 1 nitrogen and oxygen atoms in total. The van der Waals surface area contributed by atoms with E-state index in [0.717, 1.165) is 6.42 Å². The van der Waals surface area contributed by atoms with Crippen LogP contribution in [0.2, 0.25) is 0 Å². The minimum Gasteiger partial charge on any atom is -0.374 e. The minimum absolute atomic E-state index is 0.354. The second-order valence-electron chi connectivity index (χ2n) is 7.99. The molecule has 0 aromatic rings. The van der Waals surface area contributed by atoms with Crippen LogP contribution in [-0.4, -0.2) is 17.6 Å². The van der Waals surface area contributed by atoms with Crippen molar-refractivity contribution in [1.29, 1.82) is 0 Å². The molecule has 3 aliphatic carbocycles. The molecule has 2 atom stereocenters. The SMILES string of the molecule is CC1(C)CCC(OC2CC(Cl)C23CCCCC3)CC1. The molecule has 0 amide bonds. The predicted molar refractivity (Wildman–Crippen MR) is 80.7 cm³/mol. The van der Waals surface area contributed by atoms with Gasteiger partial charge in [-0.25, -0.2) is 0 Å². The van der Waals surface area contributed by atoms with E-state index in [1.165, 1.54) is 57.8 Å². The fraction of sp³-hybridized carbons (Fsp3) is 1.00. The van der Waals surface area contributed by atoms with Crippen LogP contribution < -0.4 is 0 Å². The Balaban J connectivity index is 1.56. The molecule has 2 heteroatoms. The highest BCUT2D eigenvalue weighted by molar-refractivity contribution is 6.21. The first-order chi connectivity index (χ1) is 9.02. The van der Waals surface area contributed by atoms with Crippen LogP contribution in [0, 0.1) is 10.8 Å². The number of halogens is 1. The molecule has 0 aromatic carbocycles. The van der Waals surface area contributed by atoms with Gasteiger partial charge in [0.05, 0.1) is 12.2 Å². The molecule has 3 rings (SSSR count). The fourth-order valence-electron chi connectivity index (χ4n) is 4.48. The number of hydrogen-bond acceptors (Lipinski definition) is 1. The summed E-state index contributed by atoms with van der Waals surface area (Å²) in [5.74, 6) is 0. The van der Waals surface area contributed by atoms with Gasteiger partial charge in [0.2, 0.25) is 0 Å². The van der Waals surface area contributed by atoms with Crippen molar-refractivity contribution in [2.45, 2.75) is 95.6 Å². The van der Waals surface area contributed by atoms with Gasteiger partial charge in [0, 0.05) is 10.8 Å². The quantitative estimate of drug-likeness (QED) is 0.625. The van der Waals surface area contributed by atoms with Crippen LogP contribution >= 0.6 is 11.6 Å². The normalized spacial score (nSPS) is 38.1. The molecule has 0 aliphatic heterocycles. The summed E-state index contributed by atoms with van der Waals surface area (Å²) in [7, 11) is 0. The van der Waals surface area contributed by atoms with Crippen molar-refractivity contribution in [3.8, 4) is 0 Å². The topological polar surface area (TPSA) is 9.23 Å². The number of hydrogen-bond donors (Lipinski definition) is 0. The molecular formula is C17H29ClO. The molecule has 3 fully saturated rings. The zero-order valence-electron chi connectivity index (χ0n) is 12.6. The lowest BCUT2D eigenvalue weighted by molar-refractivity contribution is -0.163. The summed E-state index contributed by atoms with van der Waals surface area (Å²) in [4.78, 5) is 0. The summed E-state index contributed by atoms with van der Waals surface area (Å²) in [6.45, 7) is 4.79. The first-order valence-electron chi connectivity index (χ1n) is 8.31. The molecule has 0 bridgehead atoms. The van der Waals surface area contributed by atoms with Crippen molar-refractivity contribution < 1.29 is 4.74 Å². The molecular weight excluding hydrogens is 256 g/mol. The Labute approximate surface area is 123 Å². The second kappa shape index (κ2) is 5.22. The average Bonchev–Trinajstić information content (AvgIpc) is 2.41. The van der Waals surface area contributed by atoms with E-state index in [4.69, 9.17) is 16.3 Å². The van der Waals surface area contributed by atoms with Gasteiger partial charge in [0.1, 0.15) is 0 Å². The van der Waals surface area contributed by atoms with Gasteiger partial charge < -0.3 is 4.74 Å². The Morgan fingerprint density at radius 2 is 1.58 bits per heavy atom. The smallest absolute Gasteiger partial charge is 0.0663 e. The third kappa shape index (κ3) is 2.70. The van der Waals surface area contributed by atoms with Crippen LogP contribution in [-0.2, 0) is 4.74 Å². The molecule has 3 saturated carbocycles. The Bertz CT molecular complexity index is 309. The van der Waals surface area contributed by atoms with Crippen LogP contribution in [0.1, 0.15) is 78.1 Å². The minimum atomic E-state index is 0.354. The van der Waals surface area contributed by atoms with E-state index in [1.54, 1.807) is 0 Å². The van der Waals surface area contributed by atoms with Crippen LogP contribution in [0.15, 0.2) is 0 Å². The predicted octanol–water partition coefficient (Wildman–Crippen LogP) is 5.30. The number of rotatable bonds is 2. The van der Waals surface area contributed by atoms with Gasteiger partial charge >= 0.3 is 0 Å². The molecule has 0 aromatic heterocycles. The maximum Gasteiger partial charge on any atom is 0.0663 e. The average molecular weight is 285 g/mol. The highest BCUT2D eigenvalue weighted by Crippen LogP contribution is 2.56. The van der Waals surface area contributed by atoms with E-state index >= 15 is 0 Å². The molecule has 0 saturated heterocycles. The molecule has 110 valence electrons. The maximum absolute atomic E-state index is 6.56. The summed E-state index contributed by atoms with van der Waals surface area (Å²) in [6.07, 6.45) is 14.0. The maximum atomic E-state index is 6.56. The molecule has 1 spiro atoms. The molecule has 0 radical (unpaired) electrons. The third-order valence-electron chi connectivity index (χ3n) is 6.11. The zero-order chi connectivity index (χ0) is 13.5. The first-order valence-corrected chi connectivity index (χ1v) is 8.75. The summed E-state index contributed by atoms with van der Waals surface area (Å²) in [5.41, 5.74) is 0.893. The van der Waals surface area contributed by atoms with Crippen molar-refractivity contribution in [2.75, 3.05) is 0 Å². The van der Waals surface area contributed by atoms with Crippen molar-refractivity contribution in [3.05, 3.63) is 0 Å². The van der Waals surface area contributed by atoms with Gasteiger partial charge in [-0.3, -0.25) is 0 Å². The molecule has 0 heterocycles. The van der Waals surface area contributed by atoms with Gasteiger partial charge in [0.15, 0.2) is 0 Å². The lowest BCUT2D eigenvalue weighted by atomic mass is 9.58. The lowest BCUT2D eigenvalue weighted by Gasteiger charge is -2.56. The Hall–Kier alpha value is 0.250. The van der Waals surface area contributed by atoms with E-state index in [-0.39, 0.29) is 0 Å². The van der Waals surface area contributed by atoms with Gasteiger partial charge in [0.25, 0.3) is 0 Å². The standard InChI is InChI=1S/C17H29ClO/c1-16(2)10-6-13(7-11-16)19-15-12-14(18)17(15)8-4-3-5-9-17/h13-15H,3-12H2,1-2H3. The largest absolute Gasteiger partial charge is 0.374 e. The van der Waals surface area contributed by atoms with Gasteiger partial charge in [-0.15, -0.1) is 11.6 Å². The Kier molecular flexibility index (Phi) is 3.90. The number of ether oxygens (including phenoxy) is 1. The van der Waals surface area contributed by atoms with E-state index in [1.807, 2.05) is 0 Å². The van der Waals surface area contributed by atoms with Crippen LogP contribution in [0.3, 0.4) is 0 Å². The van der Waals surface area contributed by atoms with E-state index in [0.29, 0.717) is 28.4 Å².